The molecule has 0 saturated heterocycles. The summed E-state index contributed by atoms with van der Waals surface area (Å²) in [6.45, 7) is 9.69. The molecule has 0 bridgehead atoms. The summed E-state index contributed by atoms with van der Waals surface area (Å²) in [5.41, 5.74) is -0.430. The Morgan fingerprint density at radius 3 is 2.19 bits per heavy atom. The van der Waals surface area contributed by atoms with Gasteiger partial charge in [0.05, 0.1) is 19.6 Å². The van der Waals surface area contributed by atoms with Gasteiger partial charge in [-0.25, -0.2) is 4.79 Å². The van der Waals surface area contributed by atoms with Crippen molar-refractivity contribution < 1.29 is 38.9 Å². The van der Waals surface area contributed by atoms with Crippen molar-refractivity contribution in [1.29, 1.82) is 0 Å². The summed E-state index contributed by atoms with van der Waals surface area (Å²) in [6.07, 6.45) is -0.487. The first kappa shape index (κ1) is 30.7. The molecule has 0 aliphatic rings. The molecule has 3 atom stereocenters. The molecule has 1 rings (SSSR count). The SMILES string of the molecule is CCOC(=O)CCNC(=O)C(c1ccc(O)cc1)N(C(=O)C(CO)NC(=O)OC(C)(C)C)C(C)CC. The van der Waals surface area contributed by atoms with Gasteiger partial charge in [0.15, 0.2) is 0 Å². The Hall–Kier alpha value is -3.34. The minimum Gasteiger partial charge on any atom is -0.508 e. The number of amides is 3. The standard InChI is InChI=1S/C25H39N3O8/c1-7-16(3)28(23(33)19(15-29)27-24(34)36-25(4,5)6)21(17-9-11-18(30)12-10-17)22(32)26-14-13-20(31)35-8-2/h9-12,16,19,21,29-30H,7-8,13-15H2,1-6H3,(H,26,32)(H,27,34). The largest absolute Gasteiger partial charge is 0.508 e. The van der Waals surface area contributed by atoms with Crippen LogP contribution in [0.15, 0.2) is 24.3 Å². The number of carbonyl (C=O) groups is 4. The maximum Gasteiger partial charge on any atom is 0.408 e. The van der Waals surface area contributed by atoms with Gasteiger partial charge in [-0.1, -0.05) is 19.1 Å². The molecule has 0 heterocycles. The van der Waals surface area contributed by atoms with E-state index in [0.29, 0.717) is 12.0 Å². The molecule has 3 unspecified atom stereocenters. The zero-order valence-electron chi connectivity index (χ0n) is 21.9. The fraction of sp³-hybridized carbons (Fsp3) is 0.600. The third-order valence-corrected chi connectivity index (χ3v) is 5.16. The average Bonchev–Trinajstić information content (AvgIpc) is 2.79. The van der Waals surface area contributed by atoms with Crippen LogP contribution in [0, 0.1) is 0 Å². The van der Waals surface area contributed by atoms with Crippen LogP contribution in [0.1, 0.15) is 66.0 Å². The molecule has 0 aliphatic heterocycles. The summed E-state index contributed by atoms with van der Waals surface area (Å²) in [5, 5.41) is 24.7. The van der Waals surface area contributed by atoms with Crippen LogP contribution in [0.3, 0.4) is 0 Å². The summed E-state index contributed by atoms with van der Waals surface area (Å²) < 4.78 is 10.1. The first-order chi connectivity index (χ1) is 16.8. The van der Waals surface area contributed by atoms with Gasteiger partial charge in [0, 0.05) is 12.6 Å². The van der Waals surface area contributed by atoms with Crippen molar-refractivity contribution >= 4 is 23.9 Å². The van der Waals surface area contributed by atoms with Crippen molar-refractivity contribution in [2.75, 3.05) is 19.8 Å². The number of nitrogens with zero attached hydrogens (tertiary/aromatic N) is 1. The van der Waals surface area contributed by atoms with E-state index in [2.05, 4.69) is 10.6 Å². The maximum absolute atomic E-state index is 13.6. The Bertz CT molecular complexity index is 882. The van der Waals surface area contributed by atoms with Crippen molar-refractivity contribution in [1.82, 2.24) is 15.5 Å². The third kappa shape index (κ3) is 9.73. The van der Waals surface area contributed by atoms with E-state index in [9.17, 15) is 29.4 Å². The van der Waals surface area contributed by atoms with Crippen LogP contribution in [0.25, 0.3) is 0 Å². The predicted octanol–water partition coefficient (Wildman–Crippen LogP) is 2.02. The second kappa shape index (κ2) is 14.3. The molecule has 202 valence electrons. The molecule has 11 heteroatoms. The van der Waals surface area contributed by atoms with Crippen molar-refractivity contribution in [3.8, 4) is 5.75 Å². The van der Waals surface area contributed by atoms with Gasteiger partial charge in [-0.15, -0.1) is 0 Å². The number of aliphatic hydroxyl groups is 1. The zero-order valence-corrected chi connectivity index (χ0v) is 21.9. The Labute approximate surface area is 212 Å². The van der Waals surface area contributed by atoms with Gasteiger partial charge >= 0.3 is 12.1 Å². The molecule has 11 nitrogen and oxygen atoms in total. The van der Waals surface area contributed by atoms with Gasteiger partial charge < -0.3 is 35.2 Å². The molecule has 0 aliphatic carbocycles. The van der Waals surface area contributed by atoms with Gasteiger partial charge in [-0.3, -0.25) is 14.4 Å². The van der Waals surface area contributed by atoms with Crippen molar-refractivity contribution in [2.45, 2.75) is 78.1 Å². The molecule has 0 spiro atoms. The van der Waals surface area contributed by atoms with E-state index in [1.54, 1.807) is 34.6 Å². The highest BCUT2D eigenvalue weighted by molar-refractivity contribution is 5.92. The van der Waals surface area contributed by atoms with Gasteiger partial charge in [-0.05, 0) is 58.7 Å². The number of benzene rings is 1. The normalized spacial score (nSPS) is 13.6. The van der Waals surface area contributed by atoms with Crippen molar-refractivity contribution in [3.05, 3.63) is 29.8 Å². The molecule has 1 aromatic rings. The number of hydrogen-bond acceptors (Lipinski definition) is 8. The number of esters is 1. The molecular formula is C25H39N3O8. The number of rotatable bonds is 12. The van der Waals surface area contributed by atoms with E-state index in [4.69, 9.17) is 9.47 Å². The first-order valence-corrected chi connectivity index (χ1v) is 12.0. The number of carbonyl (C=O) groups excluding carboxylic acids is 4. The number of alkyl carbamates (subject to hydrolysis) is 1. The molecule has 0 aromatic heterocycles. The number of phenolic OH excluding ortho intramolecular Hbond substituents is 1. The second-order valence-corrected chi connectivity index (χ2v) is 9.22. The van der Waals surface area contributed by atoms with E-state index >= 15 is 0 Å². The van der Waals surface area contributed by atoms with Gasteiger partial charge in [0.1, 0.15) is 23.4 Å². The fourth-order valence-corrected chi connectivity index (χ4v) is 3.32. The van der Waals surface area contributed by atoms with Crippen LogP contribution in [0.5, 0.6) is 5.75 Å². The van der Waals surface area contributed by atoms with E-state index in [0.717, 1.165) is 0 Å². The predicted molar refractivity (Wildman–Crippen MR) is 132 cm³/mol. The van der Waals surface area contributed by atoms with Crippen LogP contribution in [0.4, 0.5) is 4.79 Å². The van der Waals surface area contributed by atoms with Crippen LogP contribution in [-0.4, -0.2) is 76.4 Å². The first-order valence-electron chi connectivity index (χ1n) is 12.0. The van der Waals surface area contributed by atoms with E-state index in [-0.39, 0.29) is 25.3 Å². The van der Waals surface area contributed by atoms with E-state index in [1.807, 2.05) is 6.92 Å². The third-order valence-electron chi connectivity index (χ3n) is 5.16. The summed E-state index contributed by atoms with van der Waals surface area (Å²) >= 11 is 0. The van der Waals surface area contributed by atoms with E-state index in [1.165, 1.54) is 29.2 Å². The summed E-state index contributed by atoms with van der Waals surface area (Å²) in [4.78, 5) is 52.2. The number of aromatic hydroxyl groups is 1. The number of phenols is 1. The lowest BCUT2D eigenvalue weighted by Crippen LogP contribution is -2.56. The number of hydrogen-bond donors (Lipinski definition) is 4. The Morgan fingerprint density at radius 2 is 1.69 bits per heavy atom. The monoisotopic (exact) mass is 509 g/mol. The lowest BCUT2D eigenvalue weighted by molar-refractivity contribution is -0.146. The topological polar surface area (TPSA) is 154 Å². The highest BCUT2D eigenvalue weighted by Gasteiger charge is 2.38. The van der Waals surface area contributed by atoms with Gasteiger partial charge in [0.2, 0.25) is 11.8 Å². The van der Waals surface area contributed by atoms with Crippen LogP contribution < -0.4 is 10.6 Å². The van der Waals surface area contributed by atoms with Crippen molar-refractivity contribution in [3.63, 3.8) is 0 Å². The van der Waals surface area contributed by atoms with E-state index < -0.39 is 54.2 Å². The Kier molecular flexibility index (Phi) is 12.2. The summed E-state index contributed by atoms with van der Waals surface area (Å²) in [5.74, 6) is -1.78. The lowest BCUT2D eigenvalue weighted by atomic mass is 10.00. The Morgan fingerprint density at radius 1 is 1.08 bits per heavy atom. The fourth-order valence-electron chi connectivity index (χ4n) is 3.32. The quantitative estimate of drug-likeness (QED) is 0.312. The molecule has 0 fully saturated rings. The zero-order chi connectivity index (χ0) is 27.5. The molecule has 4 N–H and O–H groups in total. The molecule has 36 heavy (non-hydrogen) atoms. The van der Waals surface area contributed by atoms with Crippen LogP contribution in [-0.2, 0) is 23.9 Å². The minimum absolute atomic E-state index is 0.0195. The summed E-state index contributed by atoms with van der Waals surface area (Å²) in [6, 6.07) is 2.74. The molecule has 1 aromatic carbocycles. The smallest absolute Gasteiger partial charge is 0.408 e. The number of ether oxygens (including phenoxy) is 2. The minimum atomic E-state index is -1.37. The van der Waals surface area contributed by atoms with Crippen LogP contribution in [0.2, 0.25) is 0 Å². The highest BCUT2D eigenvalue weighted by Crippen LogP contribution is 2.27. The molecule has 0 saturated carbocycles. The van der Waals surface area contributed by atoms with Crippen LogP contribution >= 0.6 is 0 Å². The maximum atomic E-state index is 13.6. The molecule has 0 radical (unpaired) electrons. The number of nitrogens with one attached hydrogen (secondary N) is 2. The lowest BCUT2D eigenvalue weighted by Gasteiger charge is -2.38. The average molecular weight is 510 g/mol. The molecule has 3 amide bonds. The van der Waals surface area contributed by atoms with Gasteiger partial charge in [0.25, 0.3) is 0 Å². The van der Waals surface area contributed by atoms with Crippen molar-refractivity contribution in [2.24, 2.45) is 0 Å². The highest BCUT2D eigenvalue weighted by atomic mass is 16.6. The summed E-state index contributed by atoms with van der Waals surface area (Å²) in [7, 11) is 0. The Balaban J connectivity index is 3.32. The number of aliphatic hydroxyl groups excluding tert-OH is 1. The second-order valence-electron chi connectivity index (χ2n) is 9.22. The van der Waals surface area contributed by atoms with Gasteiger partial charge in [-0.2, -0.15) is 0 Å². The molecular weight excluding hydrogens is 470 g/mol.